The van der Waals surface area contributed by atoms with Crippen LogP contribution in [0.2, 0.25) is 0 Å². The molecule has 0 bridgehead atoms. The van der Waals surface area contributed by atoms with Crippen LogP contribution in [0.15, 0.2) is 23.4 Å². The van der Waals surface area contributed by atoms with Gasteiger partial charge in [0.15, 0.2) is 0 Å². The van der Waals surface area contributed by atoms with Crippen molar-refractivity contribution in [1.82, 2.24) is 0 Å². The van der Waals surface area contributed by atoms with Gasteiger partial charge in [-0.05, 0) is 66.5 Å². The summed E-state index contributed by atoms with van der Waals surface area (Å²) < 4.78 is 0. The van der Waals surface area contributed by atoms with Crippen molar-refractivity contribution in [1.29, 1.82) is 0 Å². The van der Waals surface area contributed by atoms with E-state index >= 15 is 0 Å². The highest BCUT2D eigenvalue weighted by Crippen LogP contribution is 2.61. The Morgan fingerprint density at radius 2 is 2.15 bits per heavy atom. The third-order valence-corrected chi connectivity index (χ3v) is 6.95. The maximum atomic E-state index is 10.7. The minimum absolute atomic E-state index is 0.130. The number of benzene rings is 1. The van der Waals surface area contributed by atoms with Crippen molar-refractivity contribution in [2.45, 2.75) is 50.7 Å². The quantitative estimate of drug-likeness (QED) is 0.599. The van der Waals surface area contributed by atoms with Crippen molar-refractivity contribution in [3.8, 4) is 5.75 Å². The van der Waals surface area contributed by atoms with Gasteiger partial charge in [0.2, 0.25) is 6.61 Å². The molecule has 4 rings (SSSR count). The summed E-state index contributed by atoms with van der Waals surface area (Å²) >= 11 is 0. The van der Waals surface area contributed by atoms with Crippen molar-refractivity contribution in [3.05, 3.63) is 29.3 Å². The molecule has 0 saturated heterocycles. The Balaban J connectivity index is 1.73. The van der Waals surface area contributed by atoms with E-state index in [-0.39, 0.29) is 28.9 Å². The van der Waals surface area contributed by atoms with Crippen molar-refractivity contribution in [2.75, 3.05) is 6.61 Å². The maximum Gasteiger partial charge on any atom is 0.344 e. The van der Waals surface area contributed by atoms with Crippen LogP contribution in [0.4, 0.5) is 0 Å². The summed E-state index contributed by atoms with van der Waals surface area (Å²) in [4.78, 5) is 15.7. The van der Waals surface area contributed by atoms with Gasteiger partial charge in [-0.3, -0.25) is 0 Å². The van der Waals surface area contributed by atoms with Gasteiger partial charge in [-0.2, -0.15) is 0 Å². The van der Waals surface area contributed by atoms with Crippen LogP contribution >= 0.6 is 0 Å². The van der Waals surface area contributed by atoms with Crippen LogP contribution < -0.4 is 0 Å². The molecule has 0 radical (unpaired) electrons. The minimum Gasteiger partial charge on any atom is -0.508 e. The fourth-order valence-electron chi connectivity index (χ4n) is 5.65. The summed E-state index contributed by atoms with van der Waals surface area (Å²) in [6, 6.07) is 5.21. The number of hydrogen-bond acceptors (Lipinski definition) is 6. The Kier molecular flexibility index (Phi) is 4.39. The van der Waals surface area contributed by atoms with Crippen molar-refractivity contribution < 1.29 is 30.1 Å². The molecule has 7 nitrogen and oxygen atoms in total. The lowest BCUT2D eigenvalue weighted by molar-refractivity contribution is -0.142. The van der Waals surface area contributed by atoms with Gasteiger partial charge in [0.25, 0.3) is 0 Å². The van der Waals surface area contributed by atoms with E-state index in [9.17, 15) is 20.1 Å². The Labute approximate surface area is 157 Å². The summed E-state index contributed by atoms with van der Waals surface area (Å²) in [7, 11) is 0. The number of aliphatic hydroxyl groups excluding tert-OH is 2. The summed E-state index contributed by atoms with van der Waals surface area (Å²) in [5.41, 5.74) is 2.15. The van der Waals surface area contributed by atoms with Crippen LogP contribution in [-0.4, -0.2) is 50.9 Å². The van der Waals surface area contributed by atoms with E-state index in [0.717, 1.165) is 24.0 Å². The molecule has 1 aromatic rings. The number of aromatic hydroxyl groups is 1. The molecule has 3 aliphatic rings. The van der Waals surface area contributed by atoms with Crippen LogP contribution in [0.5, 0.6) is 5.75 Å². The molecular weight excluding hydrogens is 350 g/mol. The van der Waals surface area contributed by atoms with Gasteiger partial charge in [0.1, 0.15) is 5.75 Å². The van der Waals surface area contributed by atoms with E-state index in [1.165, 1.54) is 0 Å². The number of fused-ring (bicyclic) bond motifs is 5. The highest BCUT2D eigenvalue weighted by atomic mass is 16.6. The number of phenols is 1. The van der Waals surface area contributed by atoms with E-state index in [2.05, 4.69) is 12.1 Å². The van der Waals surface area contributed by atoms with Crippen LogP contribution in [-0.2, 0) is 9.63 Å². The average molecular weight is 375 g/mol. The molecule has 0 amide bonds. The lowest BCUT2D eigenvalue weighted by Crippen LogP contribution is -2.45. The number of rotatable bonds is 3. The smallest absolute Gasteiger partial charge is 0.344 e. The molecule has 2 saturated carbocycles. The maximum absolute atomic E-state index is 10.7. The molecule has 0 spiro atoms. The van der Waals surface area contributed by atoms with Gasteiger partial charge < -0.3 is 25.3 Å². The summed E-state index contributed by atoms with van der Waals surface area (Å²) in [6.07, 6.45) is 1.40. The molecular formula is C20H25NO6. The molecule has 7 heteroatoms. The monoisotopic (exact) mass is 375 g/mol. The molecule has 0 aromatic heterocycles. The van der Waals surface area contributed by atoms with Gasteiger partial charge in [-0.15, -0.1) is 0 Å². The largest absolute Gasteiger partial charge is 0.508 e. The van der Waals surface area contributed by atoms with E-state index < -0.39 is 24.8 Å². The first-order chi connectivity index (χ1) is 12.8. The van der Waals surface area contributed by atoms with Crippen LogP contribution in [0.1, 0.15) is 49.7 Å². The van der Waals surface area contributed by atoms with Gasteiger partial charge in [-0.1, -0.05) is 18.1 Å². The zero-order valence-electron chi connectivity index (χ0n) is 15.2. The standard InChI is InChI=1S/C20H25NO6/c1-20-5-4-12-11-3-2-10(22)6-14(11)16(21-27-9-18(24)25)7-13(12)15(20)8-17(23)19(20)26/h2-3,6,12-13,15,17,19,22-23,26H,4-5,7-9H2,1H3,(H,24,25)/b21-16-/t12-,13+,15+,17-,19+,20+/m1/s1. The summed E-state index contributed by atoms with van der Waals surface area (Å²) in [5, 5.41) is 43.6. The van der Waals surface area contributed by atoms with E-state index in [1.807, 2.05) is 6.07 Å². The average Bonchev–Trinajstić information content (AvgIpc) is 2.85. The number of oxime groups is 1. The molecule has 2 fully saturated rings. The number of hydrogen-bond donors (Lipinski definition) is 4. The molecule has 27 heavy (non-hydrogen) atoms. The zero-order chi connectivity index (χ0) is 19.3. The second-order valence-corrected chi connectivity index (χ2v) is 8.35. The predicted molar refractivity (Wildman–Crippen MR) is 96.5 cm³/mol. The van der Waals surface area contributed by atoms with Gasteiger partial charge >= 0.3 is 5.97 Å². The third-order valence-electron chi connectivity index (χ3n) is 6.95. The molecule has 1 aromatic carbocycles. The number of nitrogens with zero attached hydrogens (tertiary/aromatic N) is 1. The predicted octanol–water partition coefficient (Wildman–Crippen LogP) is 1.84. The fraction of sp³-hybridized carbons (Fsp3) is 0.600. The molecule has 0 aliphatic heterocycles. The molecule has 4 N–H and O–H groups in total. The van der Waals surface area contributed by atoms with Crippen LogP contribution in [0, 0.1) is 17.3 Å². The first-order valence-corrected chi connectivity index (χ1v) is 9.41. The second kappa shape index (κ2) is 6.49. The topological polar surface area (TPSA) is 120 Å². The van der Waals surface area contributed by atoms with Gasteiger partial charge in [-0.25, -0.2) is 4.79 Å². The van der Waals surface area contributed by atoms with Crippen molar-refractivity contribution in [3.63, 3.8) is 0 Å². The number of carbonyl (C=O) groups is 1. The molecule has 0 unspecified atom stereocenters. The van der Waals surface area contributed by atoms with E-state index in [4.69, 9.17) is 9.94 Å². The van der Waals surface area contributed by atoms with Gasteiger partial charge in [0.05, 0.1) is 17.9 Å². The molecule has 6 atom stereocenters. The number of phenolic OH excluding ortho intramolecular Hbond substituents is 1. The normalized spacial score (nSPS) is 38.8. The second-order valence-electron chi connectivity index (χ2n) is 8.35. The summed E-state index contributed by atoms with van der Waals surface area (Å²) in [5.74, 6) is -0.385. The number of aliphatic carboxylic acids is 1. The lowest BCUT2D eigenvalue weighted by Gasteiger charge is -2.49. The Hall–Kier alpha value is -2.12. The Bertz CT molecular complexity index is 793. The number of aliphatic hydroxyl groups is 2. The highest BCUT2D eigenvalue weighted by molar-refractivity contribution is 6.03. The van der Waals surface area contributed by atoms with Crippen LogP contribution in [0.3, 0.4) is 0 Å². The molecule has 146 valence electrons. The fourth-order valence-corrected chi connectivity index (χ4v) is 5.65. The zero-order valence-corrected chi connectivity index (χ0v) is 15.2. The molecule has 0 heterocycles. The SMILES string of the molecule is C[C@]12CC[C@@H]3c4ccc(O)cc4/C(=N\OCC(=O)O)C[C@@H]3[C@@H]1C[C@@H](O)[C@@H]2O. The minimum atomic E-state index is -1.10. The Morgan fingerprint density at radius 1 is 1.37 bits per heavy atom. The highest BCUT2D eigenvalue weighted by Gasteiger charge is 2.58. The van der Waals surface area contributed by atoms with E-state index in [0.29, 0.717) is 18.6 Å². The lowest BCUT2D eigenvalue weighted by atomic mass is 9.55. The number of carboxylic acid groups (broad SMARTS) is 1. The Morgan fingerprint density at radius 3 is 2.89 bits per heavy atom. The molecule has 3 aliphatic carbocycles. The van der Waals surface area contributed by atoms with Gasteiger partial charge in [0, 0.05) is 5.56 Å². The summed E-state index contributed by atoms with van der Waals surface area (Å²) in [6.45, 7) is 1.53. The van der Waals surface area contributed by atoms with E-state index in [1.54, 1.807) is 12.1 Å². The van der Waals surface area contributed by atoms with Crippen LogP contribution in [0.25, 0.3) is 0 Å². The van der Waals surface area contributed by atoms with Crippen molar-refractivity contribution in [2.24, 2.45) is 22.4 Å². The number of carboxylic acids is 1. The first kappa shape index (κ1) is 18.3. The third kappa shape index (κ3) is 2.89. The first-order valence-electron chi connectivity index (χ1n) is 9.41. The van der Waals surface area contributed by atoms with Crippen molar-refractivity contribution >= 4 is 11.7 Å².